The minimum Gasteiger partial charge on any atom is -0.468 e. The molecule has 1 amide bonds. The van der Waals surface area contributed by atoms with E-state index in [9.17, 15) is 4.79 Å². The van der Waals surface area contributed by atoms with Crippen molar-refractivity contribution >= 4 is 11.6 Å². The van der Waals surface area contributed by atoms with Gasteiger partial charge in [-0.2, -0.15) is 10.5 Å². The van der Waals surface area contributed by atoms with Gasteiger partial charge < -0.3 is 9.32 Å². The third kappa shape index (κ3) is 3.93. The minimum atomic E-state index is -0.280. The van der Waals surface area contributed by atoms with Gasteiger partial charge in [0.25, 0.3) is 0 Å². The standard InChI is InChI=1S/C20H20N4O2/c21-10-3-11-23(15-18-4-2-13-26-18)19-5-1-12-24(20(19)25)17-8-6-16(14-22)7-9-17/h2,4,6-9,13,19H,1,3,5,11-12,15H2/t19-/m0/s1. The molecular formula is C20H20N4O2. The Morgan fingerprint density at radius 2 is 2.04 bits per heavy atom. The number of hydrogen-bond acceptors (Lipinski definition) is 5. The highest BCUT2D eigenvalue weighted by molar-refractivity contribution is 5.98. The van der Waals surface area contributed by atoms with Crippen molar-refractivity contribution in [3.8, 4) is 12.1 Å². The van der Waals surface area contributed by atoms with Gasteiger partial charge in [-0.3, -0.25) is 9.69 Å². The first kappa shape index (κ1) is 17.7. The molecule has 1 aliphatic heterocycles. The van der Waals surface area contributed by atoms with Gasteiger partial charge in [0, 0.05) is 25.2 Å². The van der Waals surface area contributed by atoms with Gasteiger partial charge >= 0.3 is 0 Å². The quantitative estimate of drug-likeness (QED) is 0.801. The molecule has 2 heterocycles. The molecule has 0 bridgehead atoms. The van der Waals surface area contributed by atoms with Gasteiger partial charge in [0.05, 0.1) is 36.6 Å². The smallest absolute Gasteiger partial charge is 0.244 e. The van der Waals surface area contributed by atoms with Crippen LogP contribution in [0.3, 0.4) is 0 Å². The Hall–Kier alpha value is -3.09. The third-order valence-electron chi connectivity index (χ3n) is 4.61. The van der Waals surface area contributed by atoms with Crippen LogP contribution < -0.4 is 4.90 Å². The summed E-state index contributed by atoms with van der Waals surface area (Å²) in [5.74, 6) is 0.816. The van der Waals surface area contributed by atoms with Crippen LogP contribution in [-0.4, -0.2) is 29.9 Å². The predicted octanol–water partition coefficient (Wildman–Crippen LogP) is 3.06. The van der Waals surface area contributed by atoms with Gasteiger partial charge in [-0.25, -0.2) is 0 Å². The van der Waals surface area contributed by atoms with Crippen molar-refractivity contribution in [2.45, 2.75) is 31.8 Å². The van der Waals surface area contributed by atoms with Crippen LogP contribution in [0.2, 0.25) is 0 Å². The molecule has 6 nitrogen and oxygen atoms in total. The maximum Gasteiger partial charge on any atom is 0.244 e. The Morgan fingerprint density at radius 1 is 1.23 bits per heavy atom. The predicted molar refractivity (Wildman–Crippen MR) is 95.9 cm³/mol. The van der Waals surface area contributed by atoms with Crippen LogP contribution in [0, 0.1) is 22.7 Å². The summed E-state index contributed by atoms with van der Waals surface area (Å²) in [4.78, 5) is 16.9. The lowest BCUT2D eigenvalue weighted by atomic mass is 10.0. The van der Waals surface area contributed by atoms with Crippen molar-refractivity contribution in [1.29, 1.82) is 10.5 Å². The monoisotopic (exact) mass is 348 g/mol. The Bertz CT molecular complexity index is 815. The van der Waals surface area contributed by atoms with E-state index in [2.05, 4.69) is 12.1 Å². The van der Waals surface area contributed by atoms with Crippen LogP contribution in [0.15, 0.2) is 47.1 Å². The summed E-state index contributed by atoms with van der Waals surface area (Å²) >= 11 is 0. The van der Waals surface area contributed by atoms with Gasteiger partial charge in [0.2, 0.25) is 5.91 Å². The average Bonchev–Trinajstić information content (AvgIpc) is 3.19. The highest BCUT2D eigenvalue weighted by atomic mass is 16.3. The van der Waals surface area contributed by atoms with E-state index < -0.39 is 0 Å². The second kappa shape index (κ2) is 8.33. The molecule has 2 aromatic rings. The number of nitrogens with zero attached hydrogens (tertiary/aromatic N) is 4. The number of hydrogen-bond donors (Lipinski definition) is 0. The molecule has 0 N–H and O–H groups in total. The Balaban J connectivity index is 1.79. The summed E-state index contributed by atoms with van der Waals surface area (Å²) in [6, 6.07) is 14.7. The summed E-state index contributed by atoms with van der Waals surface area (Å²) in [5, 5.41) is 17.9. The van der Waals surface area contributed by atoms with Crippen LogP contribution in [0.4, 0.5) is 5.69 Å². The molecule has 0 spiro atoms. The first-order valence-electron chi connectivity index (χ1n) is 8.68. The summed E-state index contributed by atoms with van der Waals surface area (Å²) in [6.45, 7) is 1.69. The minimum absolute atomic E-state index is 0.0328. The summed E-state index contributed by atoms with van der Waals surface area (Å²) in [5.41, 5.74) is 1.38. The molecular weight excluding hydrogens is 328 g/mol. The van der Waals surface area contributed by atoms with Gasteiger partial charge in [-0.15, -0.1) is 0 Å². The molecule has 1 aliphatic rings. The molecule has 1 saturated heterocycles. The summed E-state index contributed by atoms with van der Waals surface area (Å²) < 4.78 is 5.43. The molecule has 1 fully saturated rings. The van der Waals surface area contributed by atoms with Crippen LogP contribution in [0.1, 0.15) is 30.6 Å². The molecule has 0 unspecified atom stereocenters. The molecule has 1 aromatic heterocycles. The number of nitriles is 2. The lowest BCUT2D eigenvalue weighted by Crippen LogP contribution is -2.52. The van der Waals surface area contributed by atoms with E-state index in [0.29, 0.717) is 31.6 Å². The van der Waals surface area contributed by atoms with E-state index in [-0.39, 0.29) is 11.9 Å². The molecule has 26 heavy (non-hydrogen) atoms. The van der Waals surface area contributed by atoms with Gasteiger partial charge in [0.15, 0.2) is 0 Å². The fraction of sp³-hybridized carbons (Fsp3) is 0.350. The molecule has 3 rings (SSSR count). The summed E-state index contributed by atoms with van der Waals surface area (Å²) in [7, 11) is 0. The van der Waals surface area contributed by atoms with E-state index in [0.717, 1.165) is 24.3 Å². The van der Waals surface area contributed by atoms with Crippen molar-refractivity contribution in [1.82, 2.24) is 4.90 Å². The molecule has 0 saturated carbocycles. The number of piperidine rings is 1. The van der Waals surface area contributed by atoms with Gasteiger partial charge in [-0.1, -0.05) is 0 Å². The fourth-order valence-electron chi connectivity index (χ4n) is 3.31. The van der Waals surface area contributed by atoms with E-state index in [1.54, 1.807) is 23.3 Å². The van der Waals surface area contributed by atoms with Crippen LogP contribution in [0.5, 0.6) is 0 Å². The van der Waals surface area contributed by atoms with Crippen molar-refractivity contribution in [3.05, 3.63) is 54.0 Å². The topological polar surface area (TPSA) is 84.3 Å². The number of benzene rings is 1. The number of amides is 1. The SMILES string of the molecule is N#CCCN(Cc1ccco1)[C@H]1CCCN(c2ccc(C#N)cc2)C1=O. The molecule has 6 heteroatoms. The largest absolute Gasteiger partial charge is 0.468 e. The molecule has 132 valence electrons. The molecule has 1 aromatic carbocycles. The second-order valence-corrected chi connectivity index (χ2v) is 6.26. The number of carbonyl (C=O) groups is 1. The van der Waals surface area contributed by atoms with Gasteiger partial charge in [0.1, 0.15) is 5.76 Å². The van der Waals surface area contributed by atoms with Gasteiger partial charge in [-0.05, 0) is 49.2 Å². The zero-order chi connectivity index (χ0) is 18.4. The Kier molecular flexibility index (Phi) is 5.68. The van der Waals surface area contributed by atoms with Crippen LogP contribution >= 0.6 is 0 Å². The number of anilines is 1. The second-order valence-electron chi connectivity index (χ2n) is 6.26. The normalized spacial score (nSPS) is 17.1. The van der Waals surface area contributed by atoms with Crippen molar-refractivity contribution in [2.75, 3.05) is 18.0 Å². The maximum atomic E-state index is 13.1. The van der Waals surface area contributed by atoms with Crippen molar-refractivity contribution < 1.29 is 9.21 Å². The highest BCUT2D eigenvalue weighted by Gasteiger charge is 2.34. The zero-order valence-corrected chi connectivity index (χ0v) is 14.5. The number of furan rings is 1. The fourth-order valence-corrected chi connectivity index (χ4v) is 3.31. The average molecular weight is 348 g/mol. The molecule has 0 radical (unpaired) electrons. The van der Waals surface area contributed by atoms with E-state index in [1.807, 2.05) is 29.2 Å². The highest BCUT2D eigenvalue weighted by Crippen LogP contribution is 2.25. The zero-order valence-electron chi connectivity index (χ0n) is 14.5. The lowest BCUT2D eigenvalue weighted by molar-refractivity contribution is -0.125. The van der Waals surface area contributed by atoms with Crippen molar-refractivity contribution in [2.24, 2.45) is 0 Å². The lowest BCUT2D eigenvalue weighted by Gasteiger charge is -2.38. The molecule has 1 atom stereocenters. The Labute approximate surface area is 152 Å². The van der Waals surface area contributed by atoms with Crippen LogP contribution in [0.25, 0.3) is 0 Å². The Morgan fingerprint density at radius 3 is 2.69 bits per heavy atom. The summed E-state index contributed by atoms with van der Waals surface area (Å²) in [6.07, 6.45) is 3.63. The maximum absolute atomic E-state index is 13.1. The third-order valence-corrected chi connectivity index (χ3v) is 4.61. The van der Waals surface area contributed by atoms with E-state index in [1.165, 1.54) is 0 Å². The number of rotatable bonds is 6. The first-order chi connectivity index (χ1) is 12.7. The van der Waals surface area contributed by atoms with E-state index in [4.69, 9.17) is 14.9 Å². The van der Waals surface area contributed by atoms with E-state index >= 15 is 0 Å². The first-order valence-corrected chi connectivity index (χ1v) is 8.68. The van der Waals surface area contributed by atoms with Crippen molar-refractivity contribution in [3.63, 3.8) is 0 Å². The molecule has 0 aliphatic carbocycles. The number of carbonyl (C=O) groups excluding carboxylic acids is 1. The van der Waals surface area contributed by atoms with Crippen LogP contribution in [-0.2, 0) is 11.3 Å².